The van der Waals surface area contributed by atoms with Gasteiger partial charge in [-0.3, -0.25) is 0 Å². The summed E-state index contributed by atoms with van der Waals surface area (Å²) in [5, 5.41) is 2.89. The number of amides is 1. The Kier molecular flexibility index (Phi) is 10.5. The largest absolute Gasteiger partial charge is 0.445 e. The van der Waals surface area contributed by atoms with Crippen molar-refractivity contribution in [2.75, 3.05) is 6.61 Å². The molecule has 4 nitrogen and oxygen atoms in total. The molecule has 1 saturated heterocycles. The van der Waals surface area contributed by atoms with Crippen molar-refractivity contribution in [1.29, 1.82) is 0 Å². The average molecular weight is 355 g/mol. The van der Waals surface area contributed by atoms with Gasteiger partial charge in [-0.15, -0.1) is 0 Å². The summed E-state index contributed by atoms with van der Waals surface area (Å²) in [5.41, 5.74) is 1.99. The number of epoxide rings is 1. The van der Waals surface area contributed by atoms with Crippen molar-refractivity contribution >= 4 is 6.09 Å². The normalized spacial score (nSPS) is 16.8. The van der Waals surface area contributed by atoms with Gasteiger partial charge >= 0.3 is 6.09 Å². The summed E-state index contributed by atoms with van der Waals surface area (Å²) >= 11 is 0. The van der Waals surface area contributed by atoms with E-state index in [1.807, 2.05) is 62.4 Å². The monoisotopic (exact) mass is 355 g/mol. The molecule has 1 amide bonds. The molecule has 1 heterocycles. The van der Waals surface area contributed by atoms with E-state index in [2.05, 4.69) is 18.5 Å². The first-order valence-electron chi connectivity index (χ1n) is 8.92. The SMILES string of the molecule is C=C/C=C\C(=C/C=C)CC(NC(=O)OCc1ccccc1)C1CO1.CC. The number of hydrogen-bond acceptors (Lipinski definition) is 3. The molecule has 1 N–H and O–H groups in total. The molecule has 2 atom stereocenters. The summed E-state index contributed by atoms with van der Waals surface area (Å²) < 4.78 is 10.6. The number of alkyl carbamates (subject to hydrolysis) is 1. The van der Waals surface area contributed by atoms with Crippen molar-refractivity contribution in [1.82, 2.24) is 5.32 Å². The van der Waals surface area contributed by atoms with E-state index < -0.39 is 6.09 Å². The Morgan fingerprint density at radius 3 is 2.58 bits per heavy atom. The Morgan fingerprint density at radius 2 is 2.00 bits per heavy atom. The van der Waals surface area contributed by atoms with Crippen LogP contribution in [0, 0.1) is 0 Å². The Balaban J connectivity index is 0.00000163. The van der Waals surface area contributed by atoms with Crippen LogP contribution < -0.4 is 5.32 Å². The molecular weight excluding hydrogens is 326 g/mol. The van der Waals surface area contributed by atoms with E-state index in [-0.39, 0.29) is 18.8 Å². The van der Waals surface area contributed by atoms with Crippen LogP contribution in [0.4, 0.5) is 4.79 Å². The highest BCUT2D eigenvalue weighted by Crippen LogP contribution is 2.21. The first kappa shape index (κ1) is 21.5. The van der Waals surface area contributed by atoms with Crippen molar-refractivity contribution in [3.63, 3.8) is 0 Å². The molecule has 2 rings (SSSR count). The standard InChI is InChI=1S/C20H23NO3.C2H6/c1-3-5-10-16(9-4-2)13-18(19-15-23-19)21-20(22)24-14-17-11-7-6-8-12-17;1-2/h3-12,18-19H,1-2,13-15H2,(H,21,22);1-2H3/b10-5-,16-9+;. The fraction of sp³-hybridized carbons (Fsp3) is 0.318. The molecule has 1 fully saturated rings. The number of nitrogens with one attached hydrogen (secondary N) is 1. The number of ether oxygens (including phenoxy) is 2. The molecule has 2 unspecified atom stereocenters. The van der Waals surface area contributed by atoms with Gasteiger partial charge in [0, 0.05) is 0 Å². The minimum Gasteiger partial charge on any atom is -0.445 e. The molecule has 0 radical (unpaired) electrons. The topological polar surface area (TPSA) is 50.9 Å². The fourth-order valence-corrected chi connectivity index (χ4v) is 2.27. The maximum absolute atomic E-state index is 12.0. The molecule has 0 spiro atoms. The molecule has 0 bridgehead atoms. The zero-order valence-corrected chi connectivity index (χ0v) is 15.7. The van der Waals surface area contributed by atoms with Gasteiger partial charge in [-0.05, 0) is 17.6 Å². The second-order valence-corrected chi connectivity index (χ2v) is 5.46. The first-order chi connectivity index (χ1) is 12.7. The van der Waals surface area contributed by atoms with Gasteiger partial charge in [0.25, 0.3) is 0 Å². The summed E-state index contributed by atoms with van der Waals surface area (Å²) in [5.74, 6) is 0. The lowest BCUT2D eigenvalue weighted by molar-refractivity contribution is 0.133. The zero-order chi connectivity index (χ0) is 19.2. The first-order valence-corrected chi connectivity index (χ1v) is 8.92. The summed E-state index contributed by atoms with van der Waals surface area (Å²) in [6, 6.07) is 9.45. The molecule has 1 aliphatic heterocycles. The number of carbonyl (C=O) groups excluding carboxylic acids is 1. The van der Waals surface area contributed by atoms with Crippen LogP contribution in [0.25, 0.3) is 0 Å². The third-order valence-electron chi connectivity index (χ3n) is 3.56. The maximum atomic E-state index is 12.0. The summed E-state index contributed by atoms with van der Waals surface area (Å²) in [6.45, 7) is 12.3. The van der Waals surface area contributed by atoms with Crippen LogP contribution in [0.2, 0.25) is 0 Å². The third kappa shape index (κ3) is 8.49. The van der Waals surface area contributed by atoms with Gasteiger partial charge in [-0.2, -0.15) is 0 Å². The molecule has 0 aromatic heterocycles. The van der Waals surface area contributed by atoms with Crippen LogP contribution in [0.5, 0.6) is 0 Å². The minimum absolute atomic E-state index is 0.0274. The van der Waals surface area contributed by atoms with Crippen molar-refractivity contribution in [3.8, 4) is 0 Å². The van der Waals surface area contributed by atoms with Crippen LogP contribution >= 0.6 is 0 Å². The Labute approximate surface area is 156 Å². The maximum Gasteiger partial charge on any atom is 0.407 e. The van der Waals surface area contributed by atoms with Crippen LogP contribution in [-0.2, 0) is 16.1 Å². The quantitative estimate of drug-likeness (QED) is 0.503. The van der Waals surface area contributed by atoms with Gasteiger partial charge < -0.3 is 14.8 Å². The molecule has 1 aromatic carbocycles. The Bertz CT molecular complexity index is 616. The number of benzene rings is 1. The van der Waals surface area contributed by atoms with Gasteiger partial charge in [0.15, 0.2) is 0 Å². The van der Waals surface area contributed by atoms with E-state index in [1.54, 1.807) is 12.2 Å². The zero-order valence-electron chi connectivity index (χ0n) is 15.7. The summed E-state index contributed by atoms with van der Waals surface area (Å²) in [6.07, 6.45) is 9.37. The van der Waals surface area contributed by atoms with E-state index >= 15 is 0 Å². The number of carbonyl (C=O) groups is 1. The summed E-state index contributed by atoms with van der Waals surface area (Å²) in [4.78, 5) is 12.0. The lowest BCUT2D eigenvalue weighted by atomic mass is 10.0. The predicted octanol–water partition coefficient (Wildman–Crippen LogP) is 4.95. The van der Waals surface area contributed by atoms with E-state index in [9.17, 15) is 4.79 Å². The highest BCUT2D eigenvalue weighted by molar-refractivity contribution is 5.67. The number of hydrogen-bond donors (Lipinski definition) is 1. The molecular formula is C22H29NO3. The van der Waals surface area contributed by atoms with Crippen LogP contribution in [-0.4, -0.2) is 24.8 Å². The minimum atomic E-state index is -0.440. The fourth-order valence-electron chi connectivity index (χ4n) is 2.27. The van der Waals surface area contributed by atoms with Gasteiger partial charge in [0.1, 0.15) is 12.7 Å². The smallest absolute Gasteiger partial charge is 0.407 e. The van der Waals surface area contributed by atoms with Crippen LogP contribution in [0.1, 0.15) is 25.8 Å². The highest BCUT2D eigenvalue weighted by Gasteiger charge is 2.34. The van der Waals surface area contributed by atoms with E-state index in [1.165, 1.54) is 0 Å². The van der Waals surface area contributed by atoms with Crippen molar-refractivity contribution in [2.45, 2.75) is 39.0 Å². The molecule has 26 heavy (non-hydrogen) atoms. The average Bonchev–Trinajstić information content (AvgIpc) is 3.52. The molecule has 1 aromatic rings. The second kappa shape index (κ2) is 12.7. The molecule has 1 aliphatic rings. The van der Waals surface area contributed by atoms with E-state index in [0.717, 1.165) is 11.1 Å². The molecule has 4 heteroatoms. The number of allylic oxidation sites excluding steroid dienone is 5. The lowest BCUT2D eigenvalue weighted by Gasteiger charge is -2.17. The highest BCUT2D eigenvalue weighted by atomic mass is 16.6. The molecule has 140 valence electrons. The number of rotatable bonds is 9. The summed E-state index contributed by atoms with van der Waals surface area (Å²) in [7, 11) is 0. The third-order valence-corrected chi connectivity index (χ3v) is 3.56. The van der Waals surface area contributed by atoms with Crippen LogP contribution in [0.3, 0.4) is 0 Å². The van der Waals surface area contributed by atoms with Crippen molar-refractivity contribution in [3.05, 3.63) is 85.0 Å². The van der Waals surface area contributed by atoms with Crippen molar-refractivity contribution in [2.24, 2.45) is 0 Å². The Morgan fingerprint density at radius 1 is 1.31 bits per heavy atom. The van der Waals surface area contributed by atoms with Crippen molar-refractivity contribution < 1.29 is 14.3 Å². The van der Waals surface area contributed by atoms with Gasteiger partial charge in [0.05, 0.1) is 12.6 Å². The van der Waals surface area contributed by atoms with E-state index in [0.29, 0.717) is 13.0 Å². The van der Waals surface area contributed by atoms with E-state index in [4.69, 9.17) is 9.47 Å². The van der Waals surface area contributed by atoms with Gasteiger partial charge in [-0.25, -0.2) is 4.79 Å². The predicted molar refractivity (Wildman–Crippen MR) is 107 cm³/mol. The lowest BCUT2D eigenvalue weighted by Crippen LogP contribution is -2.39. The molecule has 0 saturated carbocycles. The van der Waals surface area contributed by atoms with Crippen LogP contribution in [0.15, 0.2) is 79.4 Å². The van der Waals surface area contributed by atoms with Gasteiger partial charge in [-0.1, -0.05) is 87.7 Å². The Hall–Kier alpha value is -2.59. The molecule has 0 aliphatic carbocycles. The second-order valence-electron chi connectivity index (χ2n) is 5.46. The van der Waals surface area contributed by atoms with Gasteiger partial charge in [0.2, 0.25) is 0 Å².